The van der Waals surface area contributed by atoms with Crippen molar-refractivity contribution in [2.45, 2.75) is 25.8 Å². The van der Waals surface area contributed by atoms with E-state index >= 15 is 0 Å². The van der Waals surface area contributed by atoms with Gasteiger partial charge in [0.1, 0.15) is 0 Å². The third-order valence-corrected chi connectivity index (χ3v) is 2.46. The van der Waals surface area contributed by atoms with Crippen molar-refractivity contribution in [3.8, 4) is 0 Å². The van der Waals surface area contributed by atoms with Crippen LogP contribution in [0.5, 0.6) is 0 Å². The number of carbonyl (C=O) groups excluding carboxylic acids is 1. The van der Waals surface area contributed by atoms with E-state index in [0.717, 1.165) is 13.0 Å². The van der Waals surface area contributed by atoms with E-state index in [0.29, 0.717) is 18.9 Å². The number of amides is 1. The maximum atomic E-state index is 11.4. The highest BCUT2D eigenvalue weighted by molar-refractivity contribution is 5.77. The molecule has 0 radical (unpaired) electrons. The minimum atomic E-state index is -0.294. The van der Waals surface area contributed by atoms with Crippen LogP contribution in [0.1, 0.15) is 19.8 Å². The van der Waals surface area contributed by atoms with Gasteiger partial charge in [0, 0.05) is 25.6 Å². The summed E-state index contributed by atoms with van der Waals surface area (Å²) in [6, 6.07) is -0.294. The lowest BCUT2D eigenvalue weighted by molar-refractivity contribution is -0.135. The molecule has 13 heavy (non-hydrogen) atoms. The van der Waals surface area contributed by atoms with Crippen LogP contribution in [0.3, 0.4) is 0 Å². The smallest absolute Gasteiger partial charge is 0.222 e. The molecule has 0 spiro atoms. The molecule has 76 valence electrons. The van der Waals surface area contributed by atoms with E-state index in [1.807, 2.05) is 0 Å². The SMILES string of the molecule is CC1CCN(CC(N)CO)C(=O)C1. The molecular formula is C9H18N2O2. The summed E-state index contributed by atoms with van der Waals surface area (Å²) < 4.78 is 0. The van der Waals surface area contributed by atoms with Crippen molar-refractivity contribution in [2.24, 2.45) is 11.7 Å². The number of likely N-dealkylation sites (tertiary alicyclic amines) is 1. The summed E-state index contributed by atoms with van der Waals surface area (Å²) in [4.78, 5) is 13.2. The minimum absolute atomic E-state index is 0.0562. The van der Waals surface area contributed by atoms with E-state index in [9.17, 15) is 4.79 Å². The van der Waals surface area contributed by atoms with Crippen LogP contribution in [-0.2, 0) is 4.79 Å². The molecule has 1 amide bonds. The monoisotopic (exact) mass is 186 g/mol. The molecule has 2 unspecified atom stereocenters. The van der Waals surface area contributed by atoms with Gasteiger partial charge in [-0.1, -0.05) is 6.92 Å². The van der Waals surface area contributed by atoms with Gasteiger partial charge in [0.15, 0.2) is 0 Å². The largest absolute Gasteiger partial charge is 0.395 e. The first-order chi connectivity index (χ1) is 6.13. The summed E-state index contributed by atoms with van der Waals surface area (Å²) in [5.74, 6) is 0.664. The van der Waals surface area contributed by atoms with Crippen molar-refractivity contribution in [3.05, 3.63) is 0 Å². The summed E-state index contributed by atoms with van der Waals surface area (Å²) in [5.41, 5.74) is 5.56. The molecule has 0 aliphatic carbocycles. The second-order valence-corrected chi connectivity index (χ2v) is 3.88. The predicted octanol–water partition coefficient (Wildman–Crippen LogP) is -0.435. The van der Waals surface area contributed by atoms with E-state index in [4.69, 9.17) is 10.8 Å². The third kappa shape index (κ3) is 2.97. The quantitative estimate of drug-likeness (QED) is 0.628. The Morgan fingerprint density at radius 2 is 2.46 bits per heavy atom. The number of aliphatic hydroxyl groups is 1. The highest BCUT2D eigenvalue weighted by atomic mass is 16.3. The Morgan fingerprint density at radius 3 is 3.00 bits per heavy atom. The molecule has 1 aliphatic rings. The lowest BCUT2D eigenvalue weighted by Gasteiger charge is -2.31. The van der Waals surface area contributed by atoms with E-state index in [1.165, 1.54) is 0 Å². The predicted molar refractivity (Wildman–Crippen MR) is 50.0 cm³/mol. The molecule has 1 aliphatic heterocycles. The number of carbonyl (C=O) groups is 1. The van der Waals surface area contributed by atoms with Gasteiger partial charge < -0.3 is 15.7 Å². The fourth-order valence-electron chi connectivity index (χ4n) is 1.56. The zero-order chi connectivity index (χ0) is 9.84. The molecule has 1 rings (SSSR count). The average molecular weight is 186 g/mol. The van der Waals surface area contributed by atoms with E-state index < -0.39 is 0 Å². The molecule has 0 aromatic rings. The number of hydrogen-bond donors (Lipinski definition) is 2. The number of nitrogens with zero attached hydrogens (tertiary/aromatic N) is 1. The summed E-state index contributed by atoms with van der Waals surface area (Å²) in [5, 5.41) is 8.74. The maximum Gasteiger partial charge on any atom is 0.222 e. The number of piperidine rings is 1. The van der Waals surface area contributed by atoms with Crippen LogP contribution in [0.25, 0.3) is 0 Å². The lowest BCUT2D eigenvalue weighted by Crippen LogP contribution is -2.46. The lowest BCUT2D eigenvalue weighted by atomic mass is 9.98. The molecular weight excluding hydrogens is 168 g/mol. The number of hydrogen-bond acceptors (Lipinski definition) is 3. The molecule has 4 nitrogen and oxygen atoms in total. The molecule has 0 bridgehead atoms. The number of nitrogens with two attached hydrogens (primary N) is 1. The summed E-state index contributed by atoms with van der Waals surface area (Å²) in [7, 11) is 0. The first-order valence-electron chi connectivity index (χ1n) is 4.77. The van der Waals surface area contributed by atoms with E-state index in [-0.39, 0.29) is 18.6 Å². The van der Waals surface area contributed by atoms with Crippen molar-refractivity contribution < 1.29 is 9.90 Å². The summed E-state index contributed by atoms with van der Waals surface area (Å²) >= 11 is 0. The zero-order valence-electron chi connectivity index (χ0n) is 8.07. The number of aliphatic hydroxyl groups excluding tert-OH is 1. The van der Waals surface area contributed by atoms with Crippen LogP contribution >= 0.6 is 0 Å². The van der Waals surface area contributed by atoms with Gasteiger partial charge in [-0.15, -0.1) is 0 Å². The topological polar surface area (TPSA) is 66.6 Å². The first kappa shape index (κ1) is 10.5. The molecule has 2 atom stereocenters. The molecule has 4 heteroatoms. The Balaban J connectivity index is 2.38. The molecule has 0 aromatic heterocycles. The first-order valence-corrected chi connectivity index (χ1v) is 4.77. The molecule has 1 fully saturated rings. The van der Waals surface area contributed by atoms with Gasteiger partial charge in [-0.25, -0.2) is 0 Å². The van der Waals surface area contributed by atoms with Gasteiger partial charge in [-0.2, -0.15) is 0 Å². The van der Waals surface area contributed by atoms with Crippen LogP contribution < -0.4 is 5.73 Å². The second kappa shape index (κ2) is 4.58. The zero-order valence-corrected chi connectivity index (χ0v) is 8.07. The van der Waals surface area contributed by atoms with Gasteiger partial charge in [-0.3, -0.25) is 4.79 Å². The van der Waals surface area contributed by atoms with Crippen molar-refractivity contribution >= 4 is 5.91 Å². The van der Waals surface area contributed by atoms with Crippen molar-refractivity contribution in [2.75, 3.05) is 19.7 Å². The molecule has 1 heterocycles. The van der Waals surface area contributed by atoms with Crippen LogP contribution in [0.4, 0.5) is 0 Å². The van der Waals surface area contributed by atoms with Crippen LogP contribution in [-0.4, -0.2) is 41.7 Å². The minimum Gasteiger partial charge on any atom is -0.395 e. The Morgan fingerprint density at radius 1 is 1.77 bits per heavy atom. The standard InChI is InChI=1S/C9H18N2O2/c1-7-2-3-11(9(13)4-7)5-8(10)6-12/h7-8,12H,2-6,10H2,1H3. The third-order valence-electron chi connectivity index (χ3n) is 2.46. The van der Waals surface area contributed by atoms with Gasteiger partial charge in [0.25, 0.3) is 0 Å². The Labute approximate surface area is 78.7 Å². The van der Waals surface area contributed by atoms with Gasteiger partial charge in [0.2, 0.25) is 5.91 Å². The molecule has 0 aromatic carbocycles. The molecule has 1 saturated heterocycles. The normalized spacial score (nSPS) is 26.2. The van der Waals surface area contributed by atoms with Crippen molar-refractivity contribution in [1.82, 2.24) is 4.90 Å². The highest BCUT2D eigenvalue weighted by Gasteiger charge is 2.23. The Hall–Kier alpha value is -0.610. The fraction of sp³-hybridized carbons (Fsp3) is 0.889. The van der Waals surface area contributed by atoms with E-state index in [2.05, 4.69) is 6.92 Å². The summed E-state index contributed by atoms with van der Waals surface area (Å²) in [6.45, 7) is 3.30. The number of rotatable bonds is 3. The van der Waals surface area contributed by atoms with E-state index in [1.54, 1.807) is 4.90 Å². The molecule has 3 N–H and O–H groups in total. The van der Waals surface area contributed by atoms with Crippen LogP contribution in [0, 0.1) is 5.92 Å². The van der Waals surface area contributed by atoms with Gasteiger partial charge >= 0.3 is 0 Å². The van der Waals surface area contributed by atoms with Crippen molar-refractivity contribution in [3.63, 3.8) is 0 Å². The second-order valence-electron chi connectivity index (χ2n) is 3.88. The van der Waals surface area contributed by atoms with Gasteiger partial charge in [0.05, 0.1) is 6.61 Å². The fourth-order valence-corrected chi connectivity index (χ4v) is 1.56. The van der Waals surface area contributed by atoms with Crippen molar-refractivity contribution in [1.29, 1.82) is 0 Å². The van der Waals surface area contributed by atoms with Crippen LogP contribution in [0.15, 0.2) is 0 Å². The molecule has 0 saturated carbocycles. The maximum absolute atomic E-state index is 11.4. The Kier molecular flexibility index (Phi) is 3.69. The Bertz CT molecular complexity index is 184. The van der Waals surface area contributed by atoms with Gasteiger partial charge in [-0.05, 0) is 12.3 Å². The summed E-state index contributed by atoms with van der Waals surface area (Å²) in [6.07, 6.45) is 1.67. The highest BCUT2D eigenvalue weighted by Crippen LogP contribution is 2.16. The average Bonchev–Trinajstić information content (AvgIpc) is 2.09. The van der Waals surface area contributed by atoms with Crippen LogP contribution in [0.2, 0.25) is 0 Å².